The van der Waals surface area contributed by atoms with Crippen LogP contribution in [0.1, 0.15) is 21.5 Å². The summed E-state index contributed by atoms with van der Waals surface area (Å²) >= 11 is 0. The van der Waals surface area contributed by atoms with Crippen LogP contribution in [0.15, 0.2) is 54.7 Å². The summed E-state index contributed by atoms with van der Waals surface area (Å²) in [4.78, 5) is 22.5. The van der Waals surface area contributed by atoms with E-state index in [2.05, 4.69) is 27.9 Å². The maximum atomic E-state index is 13.3. The number of benzene rings is 2. The third-order valence-electron chi connectivity index (χ3n) is 5.12. The minimum atomic E-state index is 0.0391. The van der Waals surface area contributed by atoms with Crippen LogP contribution in [0.2, 0.25) is 0 Å². The average Bonchev–Trinajstić information content (AvgIpc) is 2.68. The first-order valence-corrected chi connectivity index (χ1v) is 9.06. The fraction of sp³-hybridized carbons (Fsp3) is 0.273. The topological polar surface area (TPSA) is 36.4 Å². The third kappa shape index (κ3) is 3.08. The Morgan fingerprint density at radius 3 is 2.38 bits per heavy atom. The summed E-state index contributed by atoms with van der Waals surface area (Å²) in [5, 5.41) is 1.05. The smallest absolute Gasteiger partial charge is 0.196 e. The Hall–Kier alpha value is -2.72. The average molecular weight is 345 g/mol. The number of rotatable bonds is 3. The van der Waals surface area contributed by atoms with Gasteiger partial charge < -0.3 is 9.80 Å². The van der Waals surface area contributed by atoms with Crippen molar-refractivity contribution >= 4 is 22.4 Å². The molecule has 0 spiro atoms. The van der Waals surface area contributed by atoms with Crippen molar-refractivity contribution in [2.75, 3.05) is 38.1 Å². The molecule has 0 saturated carbocycles. The molecule has 0 radical (unpaired) electrons. The van der Waals surface area contributed by atoms with Gasteiger partial charge in [-0.3, -0.25) is 9.78 Å². The molecule has 1 aliphatic rings. The Bertz CT molecular complexity index is 941. The van der Waals surface area contributed by atoms with Gasteiger partial charge in [-0.15, -0.1) is 0 Å². The van der Waals surface area contributed by atoms with E-state index in [0.29, 0.717) is 11.1 Å². The zero-order valence-electron chi connectivity index (χ0n) is 15.3. The Kier molecular flexibility index (Phi) is 4.43. The van der Waals surface area contributed by atoms with Gasteiger partial charge >= 0.3 is 0 Å². The molecule has 3 aromatic rings. The summed E-state index contributed by atoms with van der Waals surface area (Å²) in [7, 11) is 2.14. The summed E-state index contributed by atoms with van der Waals surface area (Å²) in [6.07, 6.45) is 1.75. The van der Waals surface area contributed by atoms with Gasteiger partial charge in [0.2, 0.25) is 0 Å². The van der Waals surface area contributed by atoms with Gasteiger partial charge in [0, 0.05) is 43.3 Å². The maximum absolute atomic E-state index is 13.3. The molecule has 0 N–H and O–H groups in total. The van der Waals surface area contributed by atoms with Crippen molar-refractivity contribution in [2.24, 2.45) is 0 Å². The quantitative estimate of drug-likeness (QED) is 0.681. The number of carbonyl (C=O) groups is 1. The molecule has 1 saturated heterocycles. The molecule has 0 aliphatic carbocycles. The fourth-order valence-corrected chi connectivity index (χ4v) is 3.52. The van der Waals surface area contributed by atoms with Crippen LogP contribution in [0.25, 0.3) is 10.9 Å². The van der Waals surface area contributed by atoms with Crippen molar-refractivity contribution < 1.29 is 4.79 Å². The van der Waals surface area contributed by atoms with Crippen LogP contribution in [0.5, 0.6) is 0 Å². The largest absolute Gasteiger partial charge is 0.368 e. The summed E-state index contributed by atoms with van der Waals surface area (Å²) in [5.41, 5.74) is 4.51. The number of ketones is 1. The molecular weight excluding hydrogens is 322 g/mol. The normalized spacial score (nSPS) is 15.4. The number of para-hydroxylation sites is 1. The van der Waals surface area contributed by atoms with E-state index in [0.717, 1.165) is 48.3 Å². The highest BCUT2D eigenvalue weighted by Gasteiger charge is 2.23. The number of fused-ring (bicyclic) bond motifs is 1. The van der Waals surface area contributed by atoms with Gasteiger partial charge in [-0.05, 0) is 20.0 Å². The highest BCUT2D eigenvalue weighted by molar-refractivity contribution is 6.16. The first-order valence-electron chi connectivity index (χ1n) is 9.06. The first-order chi connectivity index (χ1) is 12.6. The molecule has 1 fully saturated rings. The minimum absolute atomic E-state index is 0.0391. The van der Waals surface area contributed by atoms with Crippen LogP contribution in [-0.4, -0.2) is 48.9 Å². The minimum Gasteiger partial charge on any atom is -0.368 e. The Morgan fingerprint density at radius 2 is 1.65 bits per heavy atom. The van der Waals surface area contributed by atoms with Gasteiger partial charge in [-0.2, -0.15) is 0 Å². The SMILES string of the molecule is Cc1ccc(C(=O)c2cnc3ccccc3c2N2CCN(C)CC2)cc1. The van der Waals surface area contributed by atoms with Gasteiger partial charge in [-0.25, -0.2) is 0 Å². The number of pyridine rings is 1. The standard InChI is InChI=1S/C22H23N3O/c1-16-7-9-17(10-8-16)22(26)19-15-23-20-6-4-3-5-18(20)21(19)25-13-11-24(2)12-14-25/h3-10,15H,11-14H2,1-2H3. The van der Waals surface area contributed by atoms with Crippen molar-refractivity contribution in [1.29, 1.82) is 0 Å². The predicted molar refractivity (Wildman–Crippen MR) is 106 cm³/mol. The molecule has 0 atom stereocenters. The van der Waals surface area contributed by atoms with Crippen molar-refractivity contribution in [3.05, 3.63) is 71.4 Å². The second-order valence-electron chi connectivity index (χ2n) is 7.02. The maximum Gasteiger partial charge on any atom is 0.196 e. The van der Waals surface area contributed by atoms with Crippen molar-refractivity contribution in [3.8, 4) is 0 Å². The van der Waals surface area contributed by atoms with Crippen LogP contribution in [-0.2, 0) is 0 Å². The lowest BCUT2D eigenvalue weighted by Crippen LogP contribution is -2.45. The van der Waals surface area contributed by atoms with Gasteiger partial charge in [0.15, 0.2) is 5.78 Å². The Balaban J connectivity index is 1.84. The zero-order valence-corrected chi connectivity index (χ0v) is 15.3. The lowest BCUT2D eigenvalue weighted by atomic mass is 9.99. The number of hydrogen-bond donors (Lipinski definition) is 0. The predicted octanol–water partition coefficient (Wildman–Crippen LogP) is 3.53. The summed E-state index contributed by atoms with van der Waals surface area (Å²) in [5.74, 6) is 0.0391. The van der Waals surface area contributed by atoms with Crippen molar-refractivity contribution in [1.82, 2.24) is 9.88 Å². The van der Waals surface area contributed by atoms with Crippen LogP contribution in [0.4, 0.5) is 5.69 Å². The molecule has 2 aromatic carbocycles. The zero-order chi connectivity index (χ0) is 18.1. The number of carbonyl (C=O) groups excluding carboxylic acids is 1. The molecule has 0 unspecified atom stereocenters. The second kappa shape index (κ2) is 6.89. The van der Waals surface area contributed by atoms with E-state index in [9.17, 15) is 4.79 Å². The molecule has 0 bridgehead atoms. The van der Waals surface area contributed by atoms with E-state index < -0.39 is 0 Å². The second-order valence-corrected chi connectivity index (χ2v) is 7.02. The van der Waals surface area contributed by atoms with Crippen LogP contribution in [0.3, 0.4) is 0 Å². The lowest BCUT2D eigenvalue weighted by molar-refractivity contribution is 0.103. The van der Waals surface area contributed by atoms with Crippen molar-refractivity contribution in [3.63, 3.8) is 0 Å². The number of piperazine rings is 1. The van der Waals surface area contributed by atoms with Gasteiger partial charge in [0.1, 0.15) is 0 Å². The molecule has 4 heteroatoms. The third-order valence-corrected chi connectivity index (χ3v) is 5.12. The number of aryl methyl sites for hydroxylation is 1. The van der Waals surface area contributed by atoms with Crippen LogP contribution >= 0.6 is 0 Å². The highest BCUT2D eigenvalue weighted by atomic mass is 16.1. The monoisotopic (exact) mass is 345 g/mol. The highest BCUT2D eigenvalue weighted by Crippen LogP contribution is 2.32. The summed E-state index contributed by atoms with van der Waals surface area (Å²) < 4.78 is 0. The van der Waals surface area contributed by atoms with E-state index in [-0.39, 0.29) is 5.78 Å². The Morgan fingerprint density at radius 1 is 0.962 bits per heavy atom. The molecule has 4 nitrogen and oxygen atoms in total. The molecular formula is C22H23N3O. The molecule has 4 rings (SSSR count). The lowest BCUT2D eigenvalue weighted by Gasteiger charge is -2.35. The number of nitrogens with zero attached hydrogens (tertiary/aromatic N) is 3. The van der Waals surface area contributed by atoms with E-state index in [4.69, 9.17) is 0 Å². The molecule has 2 heterocycles. The fourth-order valence-electron chi connectivity index (χ4n) is 3.52. The summed E-state index contributed by atoms with van der Waals surface area (Å²) in [6.45, 7) is 5.85. The number of likely N-dealkylation sites (N-methyl/N-ethyl adjacent to an activating group) is 1. The molecule has 26 heavy (non-hydrogen) atoms. The van der Waals surface area contributed by atoms with Crippen LogP contribution in [0, 0.1) is 6.92 Å². The first kappa shape index (κ1) is 16.7. The van der Waals surface area contributed by atoms with Gasteiger partial charge in [0.25, 0.3) is 0 Å². The van der Waals surface area contributed by atoms with Crippen LogP contribution < -0.4 is 4.90 Å². The van der Waals surface area contributed by atoms with E-state index in [1.807, 2.05) is 49.4 Å². The molecule has 1 aromatic heterocycles. The van der Waals surface area contributed by atoms with E-state index >= 15 is 0 Å². The Labute approximate surface area is 154 Å². The van der Waals surface area contributed by atoms with Gasteiger partial charge in [-0.1, -0.05) is 48.0 Å². The molecule has 0 amide bonds. The molecule has 1 aliphatic heterocycles. The number of anilines is 1. The number of hydrogen-bond acceptors (Lipinski definition) is 4. The van der Waals surface area contributed by atoms with E-state index in [1.165, 1.54) is 0 Å². The molecule has 132 valence electrons. The van der Waals surface area contributed by atoms with Crippen molar-refractivity contribution in [2.45, 2.75) is 6.92 Å². The van der Waals surface area contributed by atoms with E-state index in [1.54, 1.807) is 6.20 Å². The summed E-state index contributed by atoms with van der Waals surface area (Å²) in [6, 6.07) is 15.9. The number of aromatic nitrogens is 1. The van der Waals surface area contributed by atoms with Gasteiger partial charge in [0.05, 0.1) is 16.8 Å².